The maximum atomic E-state index is 4.66. The zero-order valence-electron chi connectivity index (χ0n) is 10.4. The molecule has 0 radical (unpaired) electrons. The smallest absolute Gasteiger partial charge is 0.415 e. The van der Waals surface area contributed by atoms with Crippen molar-refractivity contribution in [2.45, 2.75) is 23.9 Å². The summed E-state index contributed by atoms with van der Waals surface area (Å²) in [7, 11) is 0. The van der Waals surface area contributed by atoms with Crippen molar-refractivity contribution in [2.24, 2.45) is 17.2 Å². The Hall–Kier alpha value is 2.15. The minimum atomic E-state index is 0. The Bertz CT molecular complexity index is 165. The van der Waals surface area contributed by atoms with E-state index in [0.717, 1.165) is 0 Å². The van der Waals surface area contributed by atoms with Crippen LogP contribution >= 0.6 is 36.7 Å². The average molecular weight is 539 g/mol. The second kappa shape index (κ2) is 31.5. The van der Waals surface area contributed by atoms with Crippen LogP contribution in [0.15, 0.2) is 0 Å². The Morgan fingerprint density at radius 2 is 0.944 bits per heavy atom. The largest absolute Gasteiger partial charge is 3.00 e. The summed E-state index contributed by atoms with van der Waals surface area (Å²) < 4.78 is 0.250. The molecule has 0 atom stereocenters. The summed E-state index contributed by atoms with van der Waals surface area (Å²) in [5, 5.41) is 3.06. The molecule has 0 spiro atoms. The molecule has 0 heterocycles. The minimum absolute atomic E-state index is 0. The van der Waals surface area contributed by atoms with Gasteiger partial charge in [-0.2, -0.15) is 0 Å². The first-order valence-corrected chi connectivity index (χ1v) is 11.2. The van der Waals surface area contributed by atoms with Gasteiger partial charge in [0.25, 0.3) is 0 Å². The maximum absolute atomic E-state index is 4.66. The van der Waals surface area contributed by atoms with E-state index in [2.05, 4.69) is 106 Å². The van der Waals surface area contributed by atoms with Gasteiger partial charge < -0.3 is 91.7 Å². The molecular weight excluding hydrogens is 523 g/mol. The van der Waals surface area contributed by atoms with Crippen molar-refractivity contribution < 1.29 is 52.7 Å². The van der Waals surface area contributed by atoms with Crippen molar-refractivity contribution in [3.8, 4) is 0 Å². The van der Waals surface area contributed by atoms with E-state index < -0.39 is 0 Å². The molecule has 0 aliphatic carbocycles. The molecule has 18 heavy (non-hydrogen) atoms. The Balaban J connectivity index is -0.0000000412. The number of hydrogen-bond acceptors (Lipinski definition) is 6. The van der Waals surface area contributed by atoms with Gasteiger partial charge in [0.15, 0.2) is 0 Å². The molecule has 100 valence electrons. The van der Waals surface area contributed by atoms with E-state index in [4.69, 9.17) is 0 Å². The number of rotatable bonds is 2. The van der Waals surface area contributed by atoms with Crippen LogP contribution < -0.4 is 17.2 Å². The first kappa shape index (κ1) is 32.2. The molecule has 0 aromatic carbocycles. The molecule has 0 amide bonds. The Morgan fingerprint density at radius 1 is 0.833 bits per heavy atom. The summed E-state index contributed by atoms with van der Waals surface area (Å²) in [6.07, 6.45) is 0. The van der Waals surface area contributed by atoms with E-state index in [0.29, 0.717) is 0 Å². The Morgan fingerprint density at radius 3 is 0.944 bits per heavy atom. The van der Waals surface area contributed by atoms with Crippen molar-refractivity contribution in [1.29, 1.82) is 0 Å². The van der Waals surface area contributed by atoms with E-state index in [1.54, 1.807) is 0 Å². The quantitative estimate of drug-likeness (QED) is 0.274. The predicted octanol–water partition coefficient (Wildman–Crippen LogP) is 1.28. The molecule has 0 aliphatic rings. The molecule has 0 saturated heterocycles. The molecule has 0 unspecified atom stereocenters. The molecule has 0 fully saturated rings. The number of hydrogen-bond donors (Lipinski definition) is 3. The maximum Gasteiger partial charge on any atom is 3.00 e. The van der Waals surface area contributed by atoms with Gasteiger partial charge >= 0.3 is 76.6 Å². The molecule has 0 aromatic heterocycles. The van der Waals surface area contributed by atoms with Gasteiger partial charge in [-0.15, -0.1) is 0 Å². The molecular formula is C7H16LaN3S6Zn. The first-order chi connectivity index (χ1) is 7.61. The zero-order valence-corrected chi connectivity index (χ0v) is 21.9. The normalized spacial score (nSPS) is 5.89. The fourth-order valence-electron chi connectivity index (χ4n) is 0.354. The van der Waals surface area contributed by atoms with Crippen LogP contribution in [0.2, 0.25) is 10.0 Å². The molecule has 0 aliphatic heterocycles. The van der Waals surface area contributed by atoms with Gasteiger partial charge in [-0.3, -0.25) is 0 Å². The van der Waals surface area contributed by atoms with E-state index in [1.807, 2.05) is 0 Å². The van der Waals surface area contributed by atoms with Gasteiger partial charge in [0.2, 0.25) is 0 Å². The molecule has 3 nitrogen and oxygen atoms in total. The minimum Gasteiger partial charge on any atom is -0.415 e. The van der Waals surface area contributed by atoms with Crippen LogP contribution in [0, 0.1) is 35.6 Å². The molecule has 0 aromatic rings. The van der Waals surface area contributed by atoms with Gasteiger partial charge in [-0.1, -0.05) is 13.0 Å². The molecule has 0 rings (SSSR count). The standard InChI is InChI=1S/2C2H5.3CH3NS2.La.Zn/c2*1-2;3*2-1(3)4;;/h2*1H2,2H3;3*(H3,2,3,4);;/q;;;;;+3;/p-3. The van der Waals surface area contributed by atoms with Crippen LogP contribution in [0.3, 0.4) is 0 Å². The van der Waals surface area contributed by atoms with Crippen LogP contribution in [-0.4, -0.2) is 13.0 Å². The van der Waals surface area contributed by atoms with Gasteiger partial charge in [0.1, 0.15) is 0 Å². The number of nitrogens with two attached hydrogens (primary N) is 3. The molecule has 6 N–H and O–H groups in total. The van der Waals surface area contributed by atoms with Crippen LogP contribution in [0.25, 0.3) is 0 Å². The van der Waals surface area contributed by atoms with Crippen LogP contribution in [0.5, 0.6) is 0 Å². The third-order valence-corrected chi connectivity index (χ3v) is 3.67. The second-order valence-electron chi connectivity index (χ2n) is 2.31. The van der Waals surface area contributed by atoms with Gasteiger partial charge in [-0.25, -0.2) is 0 Å². The SMILES string of the molecule is C[CH2][Zn][CH2]C.NC(=S)[S-].NC(=S)[S-].NC(=S)[S-].[La+3]. The Labute approximate surface area is 178 Å². The van der Waals surface area contributed by atoms with Crippen LogP contribution in [-0.2, 0) is 55.0 Å². The average Bonchev–Trinajstić information content (AvgIpc) is 2.01. The Kier molecular flexibility index (Phi) is 56.3. The van der Waals surface area contributed by atoms with E-state index in [1.165, 1.54) is 10.0 Å². The summed E-state index contributed by atoms with van der Waals surface area (Å²) in [5.41, 5.74) is 14.0. The van der Waals surface area contributed by atoms with Crippen molar-refractivity contribution in [1.82, 2.24) is 0 Å². The van der Waals surface area contributed by atoms with Gasteiger partial charge in [0.05, 0.1) is 0 Å². The topological polar surface area (TPSA) is 78.1 Å². The fourth-order valence-corrected chi connectivity index (χ4v) is 1.84. The summed E-state index contributed by atoms with van der Waals surface area (Å²) in [6, 6.07) is 0. The van der Waals surface area contributed by atoms with Crippen LogP contribution in [0.4, 0.5) is 0 Å². The predicted molar refractivity (Wildman–Crippen MR) is 93.4 cm³/mol. The third kappa shape index (κ3) is 310. The van der Waals surface area contributed by atoms with Crippen molar-refractivity contribution in [2.75, 3.05) is 0 Å². The van der Waals surface area contributed by atoms with Gasteiger partial charge in [0, 0.05) is 0 Å². The summed E-state index contributed by atoms with van der Waals surface area (Å²) >= 11 is 24.9. The van der Waals surface area contributed by atoms with Gasteiger partial charge in [-0.05, 0) is 0 Å². The molecule has 0 bridgehead atoms. The van der Waals surface area contributed by atoms with Crippen molar-refractivity contribution >= 4 is 87.5 Å². The third-order valence-electron chi connectivity index (χ3n) is 0.707. The van der Waals surface area contributed by atoms with Crippen molar-refractivity contribution in [3.05, 3.63) is 0 Å². The second-order valence-corrected chi connectivity index (χ2v) is 11.4. The van der Waals surface area contributed by atoms with E-state index in [9.17, 15) is 0 Å². The van der Waals surface area contributed by atoms with E-state index >= 15 is 0 Å². The number of thiocarbonyl (C=S) groups is 3. The summed E-state index contributed by atoms with van der Waals surface area (Å²) in [5.74, 6) is 0. The fraction of sp³-hybridized carbons (Fsp3) is 0.571. The van der Waals surface area contributed by atoms with Crippen LogP contribution in [0.1, 0.15) is 13.8 Å². The monoisotopic (exact) mass is 537 g/mol. The molecule has 11 heteroatoms. The van der Waals surface area contributed by atoms with E-state index in [-0.39, 0.29) is 65.7 Å². The summed E-state index contributed by atoms with van der Waals surface area (Å²) in [6.45, 7) is 4.59. The van der Waals surface area contributed by atoms with Crippen molar-refractivity contribution in [3.63, 3.8) is 0 Å². The summed E-state index contributed by atoms with van der Waals surface area (Å²) in [4.78, 5) is 0. The molecule has 0 saturated carbocycles. The first-order valence-electron chi connectivity index (χ1n) is 4.50. The zero-order chi connectivity index (χ0) is 14.9.